The van der Waals surface area contributed by atoms with Crippen molar-refractivity contribution >= 4 is 0 Å². The Morgan fingerprint density at radius 1 is 1.17 bits per heavy atom. The van der Waals surface area contributed by atoms with Crippen LogP contribution in [0.5, 0.6) is 11.5 Å². The Morgan fingerprint density at radius 3 is 2.92 bits per heavy atom. The molecule has 4 heteroatoms. The number of nitrogens with zero attached hydrogens (tertiary/aromatic N) is 2. The van der Waals surface area contributed by atoms with E-state index in [2.05, 4.69) is 16.0 Å². The van der Waals surface area contributed by atoms with Crippen LogP contribution in [0.4, 0.5) is 0 Å². The second-order valence-electron chi connectivity index (χ2n) is 6.21. The highest BCUT2D eigenvalue weighted by Crippen LogP contribution is 2.30. The van der Waals surface area contributed by atoms with Gasteiger partial charge in [0.15, 0.2) is 0 Å². The fourth-order valence-electron chi connectivity index (χ4n) is 3.36. The number of benzene rings is 1. The van der Waals surface area contributed by atoms with Gasteiger partial charge in [-0.1, -0.05) is 18.6 Å². The van der Waals surface area contributed by atoms with Gasteiger partial charge in [0.05, 0.1) is 13.7 Å². The summed E-state index contributed by atoms with van der Waals surface area (Å²) < 4.78 is 11.1. The lowest BCUT2D eigenvalue weighted by Gasteiger charge is -2.35. The molecule has 3 rings (SSSR count). The van der Waals surface area contributed by atoms with Gasteiger partial charge < -0.3 is 9.47 Å². The molecule has 1 fully saturated rings. The molecule has 1 atom stereocenters. The average molecular weight is 326 g/mol. The normalized spacial score (nSPS) is 18.3. The van der Waals surface area contributed by atoms with Gasteiger partial charge >= 0.3 is 0 Å². The molecule has 24 heavy (non-hydrogen) atoms. The van der Waals surface area contributed by atoms with Gasteiger partial charge in [-0.3, -0.25) is 9.88 Å². The van der Waals surface area contributed by atoms with E-state index in [1.165, 1.54) is 31.4 Å². The van der Waals surface area contributed by atoms with E-state index in [-0.39, 0.29) is 0 Å². The van der Waals surface area contributed by atoms with Crippen molar-refractivity contribution in [1.29, 1.82) is 0 Å². The maximum Gasteiger partial charge on any atom is 0.122 e. The lowest BCUT2D eigenvalue weighted by molar-refractivity contribution is 0.137. The van der Waals surface area contributed by atoms with Crippen molar-refractivity contribution in [2.75, 3.05) is 26.8 Å². The van der Waals surface area contributed by atoms with Gasteiger partial charge in [-0.25, -0.2) is 0 Å². The summed E-state index contributed by atoms with van der Waals surface area (Å²) in [7, 11) is 1.67. The maximum atomic E-state index is 5.86. The number of pyridine rings is 1. The van der Waals surface area contributed by atoms with Gasteiger partial charge in [0.2, 0.25) is 0 Å². The van der Waals surface area contributed by atoms with Crippen LogP contribution in [0.2, 0.25) is 0 Å². The van der Waals surface area contributed by atoms with Crippen molar-refractivity contribution in [2.24, 2.45) is 0 Å². The molecule has 1 aromatic carbocycles. The minimum atomic E-state index is 0.504. The largest absolute Gasteiger partial charge is 0.497 e. The zero-order valence-electron chi connectivity index (χ0n) is 14.4. The smallest absolute Gasteiger partial charge is 0.122 e. The van der Waals surface area contributed by atoms with Crippen molar-refractivity contribution in [3.8, 4) is 11.5 Å². The quantitative estimate of drug-likeness (QED) is 0.718. The Morgan fingerprint density at radius 2 is 2.08 bits per heavy atom. The summed E-state index contributed by atoms with van der Waals surface area (Å²) in [6, 6.07) is 12.5. The summed E-state index contributed by atoms with van der Waals surface area (Å²) in [6.45, 7) is 2.95. The topological polar surface area (TPSA) is 34.6 Å². The second-order valence-corrected chi connectivity index (χ2v) is 6.21. The lowest BCUT2D eigenvalue weighted by Crippen LogP contribution is -2.34. The third kappa shape index (κ3) is 4.48. The minimum Gasteiger partial charge on any atom is -0.497 e. The van der Waals surface area contributed by atoms with Crippen molar-refractivity contribution in [2.45, 2.75) is 31.7 Å². The van der Waals surface area contributed by atoms with E-state index in [1.54, 1.807) is 7.11 Å². The Hall–Kier alpha value is -2.07. The van der Waals surface area contributed by atoms with Crippen LogP contribution in [0.15, 0.2) is 48.8 Å². The zero-order valence-corrected chi connectivity index (χ0v) is 14.4. The molecule has 1 saturated heterocycles. The number of piperidine rings is 1. The molecule has 0 aliphatic carbocycles. The molecule has 1 aromatic heterocycles. The van der Waals surface area contributed by atoms with Crippen molar-refractivity contribution in [1.82, 2.24) is 9.88 Å². The van der Waals surface area contributed by atoms with Gasteiger partial charge in [0, 0.05) is 31.0 Å². The molecular formula is C20H26N2O2. The fourth-order valence-corrected chi connectivity index (χ4v) is 3.36. The lowest BCUT2D eigenvalue weighted by atomic mass is 9.96. The first kappa shape index (κ1) is 16.8. The number of ether oxygens (including phenoxy) is 2. The Kier molecular flexibility index (Phi) is 6.07. The molecule has 1 aliphatic heterocycles. The van der Waals surface area contributed by atoms with Crippen LogP contribution in [0.25, 0.3) is 0 Å². The summed E-state index contributed by atoms with van der Waals surface area (Å²) in [5.74, 6) is 1.71. The summed E-state index contributed by atoms with van der Waals surface area (Å²) in [4.78, 5) is 6.86. The number of rotatable bonds is 7. The van der Waals surface area contributed by atoms with E-state index in [1.807, 2.05) is 42.7 Å². The number of likely N-dealkylation sites (tertiary alicyclic amines) is 1. The predicted octanol–water partition coefficient (Wildman–Crippen LogP) is 4.09. The first-order chi connectivity index (χ1) is 11.9. The van der Waals surface area contributed by atoms with E-state index < -0.39 is 0 Å². The highest BCUT2D eigenvalue weighted by atomic mass is 16.5. The Balaban J connectivity index is 1.49. The van der Waals surface area contributed by atoms with Crippen molar-refractivity contribution in [3.63, 3.8) is 0 Å². The van der Waals surface area contributed by atoms with Crippen LogP contribution in [-0.4, -0.2) is 36.7 Å². The van der Waals surface area contributed by atoms with Crippen LogP contribution in [0, 0.1) is 0 Å². The monoisotopic (exact) mass is 326 g/mol. The van der Waals surface area contributed by atoms with E-state index in [4.69, 9.17) is 9.47 Å². The highest BCUT2D eigenvalue weighted by Gasteiger charge is 2.23. The molecule has 0 spiro atoms. The van der Waals surface area contributed by atoms with Gasteiger partial charge in [0.25, 0.3) is 0 Å². The standard InChI is InChI=1S/C20H26N2O2/c1-23-18-8-4-9-19(15-18)24-14-6-13-22-12-3-2-10-20(22)17-7-5-11-21-16-17/h4-5,7-9,11,15-16,20H,2-3,6,10,12-14H2,1H3/t20-/m1/s1. The third-order valence-electron chi connectivity index (χ3n) is 4.58. The molecule has 0 bridgehead atoms. The molecule has 2 aromatic rings. The van der Waals surface area contributed by atoms with Crippen LogP contribution < -0.4 is 9.47 Å². The van der Waals surface area contributed by atoms with Gasteiger partial charge in [-0.05, 0) is 49.6 Å². The zero-order chi connectivity index (χ0) is 16.6. The molecule has 4 nitrogen and oxygen atoms in total. The third-order valence-corrected chi connectivity index (χ3v) is 4.58. The van der Waals surface area contributed by atoms with Crippen LogP contribution in [0.3, 0.4) is 0 Å². The van der Waals surface area contributed by atoms with E-state index in [9.17, 15) is 0 Å². The van der Waals surface area contributed by atoms with Crippen LogP contribution >= 0.6 is 0 Å². The Labute approximate surface area is 144 Å². The number of hydrogen-bond donors (Lipinski definition) is 0. The van der Waals surface area contributed by atoms with E-state index in [0.29, 0.717) is 6.04 Å². The predicted molar refractivity (Wildman–Crippen MR) is 95.5 cm³/mol. The minimum absolute atomic E-state index is 0.504. The molecule has 0 amide bonds. The maximum absolute atomic E-state index is 5.86. The molecule has 0 unspecified atom stereocenters. The second kappa shape index (κ2) is 8.69. The molecule has 0 radical (unpaired) electrons. The first-order valence-electron chi connectivity index (χ1n) is 8.77. The van der Waals surface area contributed by atoms with E-state index in [0.717, 1.165) is 31.1 Å². The number of aromatic nitrogens is 1. The molecule has 0 saturated carbocycles. The number of methoxy groups -OCH3 is 1. The van der Waals surface area contributed by atoms with Crippen molar-refractivity contribution in [3.05, 3.63) is 54.4 Å². The molecule has 2 heterocycles. The number of hydrogen-bond acceptors (Lipinski definition) is 4. The highest BCUT2D eigenvalue weighted by molar-refractivity contribution is 5.32. The Bertz CT molecular complexity index is 618. The molecular weight excluding hydrogens is 300 g/mol. The van der Waals surface area contributed by atoms with Gasteiger partial charge in [-0.2, -0.15) is 0 Å². The van der Waals surface area contributed by atoms with Gasteiger partial charge in [-0.15, -0.1) is 0 Å². The van der Waals surface area contributed by atoms with Crippen LogP contribution in [0.1, 0.15) is 37.3 Å². The van der Waals surface area contributed by atoms with E-state index >= 15 is 0 Å². The SMILES string of the molecule is COc1cccc(OCCCN2CCCC[C@@H]2c2cccnc2)c1. The first-order valence-corrected chi connectivity index (χ1v) is 8.77. The van der Waals surface area contributed by atoms with Crippen LogP contribution in [-0.2, 0) is 0 Å². The molecule has 1 aliphatic rings. The molecule has 128 valence electrons. The molecule has 0 N–H and O–H groups in total. The van der Waals surface area contributed by atoms with Gasteiger partial charge in [0.1, 0.15) is 11.5 Å². The summed E-state index contributed by atoms with van der Waals surface area (Å²) in [5, 5.41) is 0. The average Bonchev–Trinajstić information content (AvgIpc) is 2.66. The summed E-state index contributed by atoms with van der Waals surface area (Å²) in [6.07, 6.45) is 8.69. The van der Waals surface area contributed by atoms with Crippen molar-refractivity contribution < 1.29 is 9.47 Å². The fraction of sp³-hybridized carbons (Fsp3) is 0.450. The summed E-state index contributed by atoms with van der Waals surface area (Å²) >= 11 is 0. The summed E-state index contributed by atoms with van der Waals surface area (Å²) in [5.41, 5.74) is 1.34.